The van der Waals surface area contributed by atoms with Crippen LogP contribution in [0.25, 0.3) is 0 Å². The van der Waals surface area contributed by atoms with Crippen molar-refractivity contribution in [3.8, 4) is 5.75 Å². The van der Waals surface area contributed by atoms with Crippen molar-refractivity contribution in [2.75, 3.05) is 12.0 Å². The zero-order chi connectivity index (χ0) is 17.3. The molecule has 0 bridgehead atoms. The maximum absolute atomic E-state index is 9.87. The van der Waals surface area contributed by atoms with Gasteiger partial charge >= 0.3 is 0 Å². The lowest BCUT2D eigenvalue weighted by molar-refractivity contribution is 0.276. The van der Waals surface area contributed by atoms with Crippen LogP contribution in [-0.4, -0.2) is 29.8 Å². The van der Waals surface area contributed by atoms with E-state index < -0.39 is 5.66 Å². The van der Waals surface area contributed by atoms with Crippen LogP contribution < -0.4 is 21.1 Å². The number of aliphatic hydroxyl groups is 1. The molecule has 1 aromatic rings. The molecule has 130 valence electrons. The first kappa shape index (κ1) is 17.0. The monoisotopic (exact) mass is 395 g/mol. The number of aliphatic hydroxyl groups excluding tert-OH is 1. The van der Waals surface area contributed by atoms with Crippen molar-refractivity contribution in [3.05, 3.63) is 22.2 Å². The number of ether oxygens (including phenoxy) is 1. The number of benzene rings is 1. The van der Waals surface area contributed by atoms with Crippen LogP contribution in [0.15, 0.2) is 26.6 Å². The van der Waals surface area contributed by atoms with E-state index in [1.807, 2.05) is 17.0 Å². The lowest BCUT2D eigenvalue weighted by atomic mass is 9.87. The molecule has 2 aliphatic rings. The van der Waals surface area contributed by atoms with Gasteiger partial charge in [0.2, 0.25) is 11.9 Å². The molecule has 1 aliphatic carbocycles. The molecule has 8 heteroatoms. The minimum Gasteiger partial charge on any atom is -0.495 e. The van der Waals surface area contributed by atoms with Crippen molar-refractivity contribution in [2.45, 2.75) is 44.4 Å². The lowest BCUT2D eigenvalue weighted by Crippen LogP contribution is -2.58. The molecule has 1 aromatic carbocycles. The molecule has 1 heterocycles. The van der Waals surface area contributed by atoms with E-state index >= 15 is 0 Å². The zero-order valence-corrected chi connectivity index (χ0v) is 15.2. The van der Waals surface area contributed by atoms with Crippen LogP contribution in [-0.2, 0) is 6.61 Å². The fourth-order valence-electron chi connectivity index (χ4n) is 3.60. The van der Waals surface area contributed by atoms with Crippen molar-refractivity contribution in [1.29, 1.82) is 0 Å². The lowest BCUT2D eigenvalue weighted by Gasteiger charge is -2.46. The van der Waals surface area contributed by atoms with Gasteiger partial charge in [0.15, 0.2) is 0 Å². The topological polar surface area (TPSA) is 109 Å². The number of anilines is 1. The second-order valence-corrected chi connectivity index (χ2v) is 7.01. The predicted molar refractivity (Wildman–Crippen MR) is 98.2 cm³/mol. The van der Waals surface area contributed by atoms with Crippen LogP contribution in [0.5, 0.6) is 5.75 Å². The summed E-state index contributed by atoms with van der Waals surface area (Å²) in [6, 6.07) is 3.70. The van der Waals surface area contributed by atoms with Gasteiger partial charge < -0.3 is 21.3 Å². The molecule has 1 fully saturated rings. The summed E-state index contributed by atoms with van der Waals surface area (Å²) in [5, 5.41) is 9.87. The van der Waals surface area contributed by atoms with Crippen molar-refractivity contribution in [3.63, 3.8) is 0 Å². The SMILES string of the molecule is COc1cc(Br)cc(CO)c1N1C(N)=NC(N)=NC12CCCCC2. The van der Waals surface area contributed by atoms with Gasteiger partial charge in [-0.25, -0.2) is 4.99 Å². The molecule has 5 N–H and O–H groups in total. The Bertz CT molecular complexity index is 673. The van der Waals surface area contributed by atoms with Crippen molar-refractivity contribution in [2.24, 2.45) is 21.5 Å². The van der Waals surface area contributed by atoms with Gasteiger partial charge in [0.05, 0.1) is 19.4 Å². The molecule has 24 heavy (non-hydrogen) atoms. The Hall–Kier alpha value is -1.80. The normalized spacial score (nSPS) is 19.9. The third-order valence-corrected chi connectivity index (χ3v) is 5.04. The molecule has 0 radical (unpaired) electrons. The summed E-state index contributed by atoms with van der Waals surface area (Å²) in [6.45, 7) is -0.149. The maximum atomic E-state index is 9.87. The molecule has 3 rings (SSSR count). The van der Waals surface area contributed by atoms with E-state index in [0.29, 0.717) is 17.0 Å². The highest BCUT2D eigenvalue weighted by molar-refractivity contribution is 9.10. The Balaban J connectivity index is 2.21. The Morgan fingerprint density at radius 2 is 2.00 bits per heavy atom. The summed E-state index contributed by atoms with van der Waals surface area (Å²) in [6.07, 6.45) is 4.89. The van der Waals surface area contributed by atoms with Crippen LogP contribution in [0.1, 0.15) is 37.7 Å². The van der Waals surface area contributed by atoms with Crippen LogP contribution >= 0.6 is 15.9 Å². The summed E-state index contributed by atoms with van der Waals surface area (Å²) in [4.78, 5) is 10.7. The average Bonchev–Trinajstić information content (AvgIpc) is 2.55. The van der Waals surface area contributed by atoms with Gasteiger partial charge in [0.25, 0.3) is 0 Å². The van der Waals surface area contributed by atoms with E-state index in [1.54, 1.807) is 7.11 Å². The van der Waals surface area contributed by atoms with Crippen molar-refractivity contribution in [1.82, 2.24) is 0 Å². The molecule has 1 aliphatic heterocycles. The van der Waals surface area contributed by atoms with Gasteiger partial charge in [0.1, 0.15) is 11.4 Å². The summed E-state index contributed by atoms with van der Waals surface area (Å²) in [5.74, 6) is 1.08. The van der Waals surface area contributed by atoms with Gasteiger partial charge in [-0.1, -0.05) is 22.4 Å². The van der Waals surface area contributed by atoms with Crippen LogP contribution in [0, 0.1) is 0 Å². The second-order valence-electron chi connectivity index (χ2n) is 6.09. The largest absolute Gasteiger partial charge is 0.495 e. The van der Waals surface area contributed by atoms with Crippen LogP contribution in [0.2, 0.25) is 0 Å². The number of nitrogens with two attached hydrogens (primary N) is 2. The molecule has 1 saturated carbocycles. The summed E-state index contributed by atoms with van der Waals surface area (Å²) in [5.41, 5.74) is 13.0. The molecule has 0 amide bonds. The highest BCUT2D eigenvalue weighted by atomic mass is 79.9. The van der Waals surface area contributed by atoms with Crippen LogP contribution in [0.4, 0.5) is 5.69 Å². The summed E-state index contributed by atoms with van der Waals surface area (Å²) in [7, 11) is 1.59. The Morgan fingerprint density at radius 3 is 2.62 bits per heavy atom. The van der Waals surface area contributed by atoms with Gasteiger partial charge in [0, 0.05) is 10.0 Å². The fraction of sp³-hybridized carbons (Fsp3) is 0.500. The Labute approximate surface area is 149 Å². The second kappa shape index (κ2) is 6.60. The highest BCUT2D eigenvalue weighted by Gasteiger charge is 2.44. The molecule has 0 unspecified atom stereocenters. The minimum absolute atomic E-state index is 0.149. The number of hydrogen-bond acceptors (Lipinski definition) is 7. The molecule has 0 aromatic heterocycles. The Morgan fingerprint density at radius 1 is 1.29 bits per heavy atom. The maximum Gasteiger partial charge on any atom is 0.220 e. The first-order valence-corrected chi connectivity index (χ1v) is 8.77. The minimum atomic E-state index is -0.570. The quantitative estimate of drug-likeness (QED) is 0.725. The highest BCUT2D eigenvalue weighted by Crippen LogP contribution is 2.45. The van der Waals surface area contributed by atoms with E-state index in [1.165, 1.54) is 0 Å². The Kier molecular flexibility index (Phi) is 4.69. The molecule has 1 spiro atoms. The van der Waals surface area contributed by atoms with E-state index in [0.717, 1.165) is 36.6 Å². The number of halogens is 1. The summed E-state index contributed by atoms with van der Waals surface area (Å²) < 4.78 is 6.38. The third-order valence-electron chi connectivity index (χ3n) is 4.58. The fourth-order valence-corrected chi connectivity index (χ4v) is 4.09. The van der Waals surface area contributed by atoms with E-state index in [9.17, 15) is 5.11 Å². The standard InChI is InChI=1S/C16H22BrN5O2/c1-24-12-8-11(17)7-10(9-23)13(12)22-15(19)20-14(18)21-16(22)5-3-2-4-6-16/h7-8,23H,2-6,9H2,1H3,(H4,18,19,20,21). The summed E-state index contributed by atoms with van der Waals surface area (Å²) >= 11 is 3.45. The number of methoxy groups -OCH3 is 1. The number of hydrogen-bond donors (Lipinski definition) is 3. The van der Waals surface area contributed by atoms with Gasteiger partial charge in [-0.3, -0.25) is 4.90 Å². The smallest absolute Gasteiger partial charge is 0.220 e. The van der Waals surface area contributed by atoms with Gasteiger partial charge in [-0.15, -0.1) is 0 Å². The van der Waals surface area contributed by atoms with Gasteiger partial charge in [-0.05, 0) is 37.8 Å². The predicted octanol–water partition coefficient (Wildman–Crippen LogP) is 2.06. The number of guanidine groups is 2. The number of rotatable bonds is 3. The molecular weight excluding hydrogens is 374 g/mol. The van der Waals surface area contributed by atoms with E-state index in [2.05, 4.69) is 25.9 Å². The van der Waals surface area contributed by atoms with Gasteiger partial charge in [-0.2, -0.15) is 4.99 Å². The average molecular weight is 396 g/mol. The first-order chi connectivity index (χ1) is 11.5. The van der Waals surface area contributed by atoms with E-state index in [4.69, 9.17) is 16.2 Å². The molecule has 7 nitrogen and oxygen atoms in total. The van der Waals surface area contributed by atoms with E-state index in [-0.39, 0.29) is 18.5 Å². The first-order valence-electron chi connectivity index (χ1n) is 7.98. The van der Waals surface area contributed by atoms with Crippen molar-refractivity contribution < 1.29 is 9.84 Å². The number of aliphatic imine (C=N–C) groups is 2. The van der Waals surface area contributed by atoms with Crippen LogP contribution in [0.3, 0.4) is 0 Å². The number of nitrogens with zero attached hydrogens (tertiary/aromatic N) is 3. The van der Waals surface area contributed by atoms with Crippen molar-refractivity contribution >= 4 is 33.5 Å². The zero-order valence-electron chi connectivity index (χ0n) is 13.6. The molecule has 0 atom stereocenters. The molecule has 0 saturated heterocycles. The third kappa shape index (κ3) is 2.84. The molecular formula is C16H22BrN5O2.